The molecule has 3 N–H and O–H groups in total. The first-order chi connectivity index (χ1) is 9.21. The summed E-state index contributed by atoms with van der Waals surface area (Å²) in [6.07, 6.45) is -1.18. The monoisotopic (exact) mass is 308 g/mol. The van der Waals surface area contributed by atoms with Gasteiger partial charge < -0.3 is 4.90 Å². The Balaban J connectivity index is 2.39. The van der Waals surface area contributed by atoms with Crippen LogP contribution in [0.4, 0.5) is 8.78 Å². The summed E-state index contributed by atoms with van der Waals surface area (Å²) in [6, 6.07) is 0. The van der Waals surface area contributed by atoms with Gasteiger partial charge in [0.25, 0.3) is 12.3 Å². The van der Waals surface area contributed by atoms with Gasteiger partial charge in [-0.3, -0.25) is 9.89 Å². The van der Waals surface area contributed by atoms with Gasteiger partial charge in [-0.2, -0.15) is 5.10 Å². The molecule has 0 saturated heterocycles. The number of primary sulfonamides is 1. The van der Waals surface area contributed by atoms with Gasteiger partial charge in [-0.15, -0.1) is 0 Å². The molecular formula is C10H14F2N4O3S. The lowest BCUT2D eigenvalue weighted by Crippen LogP contribution is -2.33. The second-order valence-corrected chi connectivity index (χ2v) is 6.21. The van der Waals surface area contributed by atoms with Gasteiger partial charge >= 0.3 is 0 Å². The molecule has 1 amide bonds. The number of sulfonamides is 1. The van der Waals surface area contributed by atoms with E-state index in [1.807, 2.05) is 0 Å². The van der Waals surface area contributed by atoms with Crippen molar-refractivity contribution in [2.45, 2.75) is 30.1 Å². The molecule has 7 nitrogen and oxygen atoms in total. The molecule has 0 atom stereocenters. The third kappa shape index (κ3) is 2.96. The van der Waals surface area contributed by atoms with E-state index in [2.05, 4.69) is 10.2 Å². The SMILES string of the molecule is CN(CC(F)F)C(=O)c1n[nH]c(C2CC2)c1S(N)(=O)=O. The number of rotatable bonds is 5. The summed E-state index contributed by atoms with van der Waals surface area (Å²) >= 11 is 0. The van der Waals surface area contributed by atoms with E-state index in [4.69, 9.17) is 5.14 Å². The molecule has 0 spiro atoms. The molecule has 0 bridgehead atoms. The minimum atomic E-state index is -4.16. The predicted octanol–water partition coefficient (Wildman–Crippen LogP) is 0.272. The maximum Gasteiger partial charge on any atom is 0.275 e. The van der Waals surface area contributed by atoms with Crippen molar-refractivity contribution in [3.8, 4) is 0 Å². The van der Waals surface area contributed by atoms with Crippen LogP contribution in [0.3, 0.4) is 0 Å². The fourth-order valence-corrected chi connectivity index (χ4v) is 2.82. The van der Waals surface area contributed by atoms with Crippen LogP contribution in [0.2, 0.25) is 0 Å². The fourth-order valence-electron chi connectivity index (χ4n) is 1.90. The van der Waals surface area contributed by atoms with Crippen molar-refractivity contribution in [3.63, 3.8) is 0 Å². The van der Waals surface area contributed by atoms with Crippen molar-refractivity contribution >= 4 is 15.9 Å². The molecule has 1 fully saturated rings. The highest BCUT2D eigenvalue weighted by Gasteiger charge is 2.36. The van der Waals surface area contributed by atoms with E-state index < -0.39 is 34.6 Å². The molecule has 0 aliphatic heterocycles. The summed E-state index contributed by atoms with van der Waals surface area (Å²) in [6.45, 7) is -0.811. The molecule has 2 rings (SSSR count). The summed E-state index contributed by atoms with van der Waals surface area (Å²) < 4.78 is 47.8. The van der Waals surface area contributed by atoms with Crippen molar-refractivity contribution in [3.05, 3.63) is 11.4 Å². The van der Waals surface area contributed by atoms with E-state index >= 15 is 0 Å². The second kappa shape index (κ2) is 5.09. The summed E-state index contributed by atoms with van der Waals surface area (Å²) in [5.41, 5.74) is -0.154. The van der Waals surface area contributed by atoms with E-state index in [0.29, 0.717) is 4.90 Å². The molecule has 0 radical (unpaired) electrons. The normalized spacial score (nSPS) is 15.7. The molecule has 0 unspecified atom stereocenters. The number of amides is 1. The molecular weight excluding hydrogens is 294 g/mol. The Morgan fingerprint density at radius 2 is 2.15 bits per heavy atom. The largest absolute Gasteiger partial charge is 0.335 e. The number of aromatic amines is 1. The molecule has 112 valence electrons. The first kappa shape index (κ1) is 14.9. The fraction of sp³-hybridized carbons (Fsp3) is 0.600. The number of hydrogen-bond donors (Lipinski definition) is 2. The Labute approximate surface area is 114 Å². The van der Waals surface area contributed by atoms with Crippen LogP contribution in [0.5, 0.6) is 0 Å². The first-order valence-electron chi connectivity index (χ1n) is 5.86. The lowest BCUT2D eigenvalue weighted by atomic mass is 10.2. The topological polar surface area (TPSA) is 109 Å². The van der Waals surface area contributed by atoms with Gasteiger partial charge in [-0.25, -0.2) is 22.3 Å². The molecule has 1 aliphatic rings. The van der Waals surface area contributed by atoms with Crippen LogP contribution in [0.1, 0.15) is 34.9 Å². The maximum atomic E-state index is 12.3. The number of aromatic nitrogens is 2. The predicted molar refractivity (Wildman–Crippen MR) is 64.9 cm³/mol. The Kier molecular flexibility index (Phi) is 3.78. The van der Waals surface area contributed by atoms with Crippen molar-refractivity contribution in [1.82, 2.24) is 15.1 Å². The van der Waals surface area contributed by atoms with Crippen molar-refractivity contribution < 1.29 is 22.0 Å². The number of halogens is 2. The van der Waals surface area contributed by atoms with Gasteiger partial charge in [-0.05, 0) is 12.8 Å². The van der Waals surface area contributed by atoms with E-state index in [1.165, 1.54) is 0 Å². The van der Waals surface area contributed by atoms with Gasteiger partial charge in [0.15, 0.2) is 5.69 Å². The molecule has 1 aromatic heterocycles. The van der Waals surface area contributed by atoms with Crippen LogP contribution in [0.15, 0.2) is 4.90 Å². The minimum absolute atomic E-state index is 0.0298. The van der Waals surface area contributed by atoms with Crippen molar-refractivity contribution in [2.75, 3.05) is 13.6 Å². The Bertz CT molecular complexity index is 624. The van der Waals surface area contributed by atoms with Crippen LogP contribution in [0.25, 0.3) is 0 Å². The Morgan fingerprint density at radius 3 is 2.60 bits per heavy atom. The molecule has 1 aromatic rings. The number of H-pyrrole nitrogens is 1. The lowest BCUT2D eigenvalue weighted by molar-refractivity contribution is 0.0612. The highest BCUT2D eigenvalue weighted by atomic mass is 32.2. The molecule has 10 heteroatoms. The Hall–Kier alpha value is -1.55. The summed E-state index contributed by atoms with van der Waals surface area (Å²) in [5, 5.41) is 11.2. The van der Waals surface area contributed by atoms with Gasteiger partial charge in [0.2, 0.25) is 10.0 Å². The van der Waals surface area contributed by atoms with Crippen molar-refractivity contribution in [2.24, 2.45) is 5.14 Å². The highest BCUT2D eigenvalue weighted by molar-refractivity contribution is 7.89. The van der Waals surface area contributed by atoms with Gasteiger partial charge in [0, 0.05) is 13.0 Å². The number of hydrogen-bond acceptors (Lipinski definition) is 4. The van der Waals surface area contributed by atoms with Crippen LogP contribution < -0.4 is 5.14 Å². The lowest BCUT2D eigenvalue weighted by Gasteiger charge is -2.15. The molecule has 1 heterocycles. The number of nitrogens with zero attached hydrogens (tertiary/aromatic N) is 2. The van der Waals surface area contributed by atoms with E-state index in [0.717, 1.165) is 19.9 Å². The zero-order valence-electron chi connectivity index (χ0n) is 10.6. The minimum Gasteiger partial charge on any atom is -0.335 e. The van der Waals surface area contributed by atoms with Gasteiger partial charge in [0.05, 0.1) is 12.2 Å². The summed E-state index contributed by atoms with van der Waals surface area (Å²) in [7, 11) is -3.02. The quantitative estimate of drug-likeness (QED) is 0.813. The zero-order valence-corrected chi connectivity index (χ0v) is 11.5. The van der Waals surface area contributed by atoms with Crippen LogP contribution in [-0.4, -0.2) is 49.4 Å². The Morgan fingerprint density at radius 1 is 1.55 bits per heavy atom. The van der Waals surface area contributed by atoms with Crippen molar-refractivity contribution in [1.29, 1.82) is 0 Å². The van der Waals surface area contributed by atoms with Gasteiger partial charge in [-0.1, -0.05) is 0 Å². The molecule has 20 heavy (non-hydrogen) atoms. The number of carbonyl (C=O) groups is 1. The summed E-state index contributed by atoms with van der Waals surface area (Å²) in [5.74, 6) is -0.935. The number of nitrogens with one attached hydrogen (secondary N) is 1. The summed E-state index contributed by atoms with van der Waals surface area (Å²) in [4.78, 5) is 12.3. The number of alkyl halides is 2. The zero-order chi connectivity index (χ0) is 15.1. The van der Waals surface area contributed by atoms with Gasteiger partial charge in [0.1, 0.15) is 4.90 Å². The van der Waals surface area contributed by atoms with E-state index in [-0.39, 0.29) is 16.5 Å². The third-order valence-electron chi connectivity index (χ3n) is 2.98. The van der Waals surface area contributed by atoms with Crippen LogP contribution >= 0.6 is 0 Å². The third-order valence-corrected chi connectivity index (χ3v) is 3.96. The average molecular weight is 308 g/mol. The van der Waals surface area contributed by atoms with Crippen LogP contribution in [-0.2, 0) is 10.0 Å². The maximum absolute atomic E-state index is 12.3. The standard InChI is InChI=1S/C10H14F2N4O3S/c1-16(4-6(11)12)10(17)8-9(20(13,18)19)7(14-15-8)5-2-3-5/h5-6H,2-4H2,1H3,(H,14,15)(H2,13,18,19). The molecule has 1 saturated carbocycles. The number of carbonyl (C=O) groups excluding carboxylic acids is 1. The molecule has 1 aliphatic carbocycles. The second-order valence-electron chi connectivity index (χ2n) is 4.71. The first-order valence-corrected chi connectivity index (χ1v) is 7.41. The molecule has 0 aromatic carbocycles. The highest BCUT2D eigenvalue weighted by Crippen LogP contribution is 2.42. The number of nitrogens with two attached hydrogens (primary N) is 1. The van der Waals surface area contributed by atoms with E-state index in [9.17, 15) is 22.0 Å². The average Bonchev–Trinajstić information content (AvgIpc) is 3.04. The smallest absolute Gasteiger partial charge is 0.275 e. The van der Waals surface area contributed by atoms with Crippen LogP contribution in [0, 0.1) is 0 Å². The van der Waals surface area contributed by atoms with E-state index in [1.54, 1.807) is 0 Å².